The minimum Gasteiger partial charge on any atom is -0.339 e. The highest BCUT2D eigenvalue weighted by Crippen LogP contribution is 2.28. The highest BCUT2D eigenvalue weighted by atomic mass is 16.2. The maximum Gasteiger partial charge on any atom is 0.328 e. The molecule has 2 saturated heterocycles. The zero-order valence-electron chi connectivity index (χ0n) is 20.0. The molecule has 0 unspecified atom stereocenters. The average Bonchev–Trinajstić information content (AvgIpc) is 3.54. The molecule has 2 fully saturated rings. The quantitative estimate of drug-likeness (QED) is 0.613. The predicted octanol–water partition coefficient (Wildman–Crippen LogP) is 2.51. The Morgan fingerprint density at radius 3 is 2.45 bits per heavy atom. The largest absolute Gasteiger partial charge is 0.339 e. The van der Waals surface area contributed by atoms with Crippen LogP contribution >= 0.6 is 0 Å². The Balaban J connectivity index is 1.30. The lowest BCUT2D eigenvalue weighted by Crippen LogP contribution is -2.29. The minimum atomic E-state index is 0.00182. The van der Waals surface area contributed by atoms with Gasteiger partial charge in [0.1, 0.15) is 5.82 Å². The van der Waals surface area contributed by atoms with Gasteiger partial charge in [0.15, 0.2) is 0 Å². The fraction of sp³-hybridized carbons (Fsp3) is 0.520. The normalized spacial score (nSPS) is 19.2. The lowest BCUT2D eigenvalue weighted by Gasteiger charge is -2.18. The van der Waals surface area contributed by atoms with Crippen molar-refractivity contribution in [3.63, 3.8) is 0 Å². The molecular formula is C25H32N6O2. The van der Waals surface area contributed by atoms with E-state index >= 15 is 0 Å². The first-order valence-corrected chi connectivity index (χ1v) is 11.8. The van der Waals surface area contributed by atoms with Crippen molar-refractivity contribution in [3.05, 3.63) is 57.0 Å². The van der Waals surface area contributed by atoms with Crippen LogP contribution in [0.1, 0.15) is 58.2 Å². The van der Waals surface area contributed by atoms with Gasteiger partial charge in [-0.25, -0.2) is 14.8 Å². The molecule has 8 nitrogen and oxygen atoms in total. The number of carbonyl (C=O) groups excluding carboxylic acids is 1. The van der Waals surface area contributed by atoms with Crippen LogP contribution in [-0.4, -0.2) is 61.0 Å². The molecule has 174 valence electrons. The molecule has 5 rings (SSSR count). The van der Waals surface area contributed by atoms with Crippen LogP contribution in [0.3, 0.4) is 0 Å². The van der Waals surface area contributed by atoms with Gasteiger partial charge < -0.3 is 4.90 Å². The molecule has 0 bridgehead atoms. The third-order valence-electron chi connectivity index (χ3n) is 7.38. The van der Waals surface area contributed by atoms with Crippen molar-refractivity contribution in [2.24, 2.45) is 14.1 Å². The molecule has 2 aromatic heterocycles. The van der Waals surface area contributed by atoms with Crippen molar-refractivity contribution >= 4 is 16.9 Å². The molecular weight excluding hydrogens is 416 g/mol. The molecule has 2 aliphatic heterocycles. The summed E-state index contributed by atoms with van der Waals surface area (Å²) in [6, 6.07) is 4.26. The Hall–Kier alpha value is -3.00. The first-order chi connectivity index (χ1) is 15.8. The number of fused-ring (bicyclic) bond motifs is 1. The predicted molar refractivity (Wildman–Crippen MR) is 127 cm³/mol. The van der Waals surface area contributed by atoms with Crippen LogP contribution in [0, 0.1) is 13.8 Å². The van der Waals surface area contributed by atoms with E-state index in [0.717, 1.165) is 74.5 Å². The molecule has 2 aliphatic rings. The van der Waals surface area contributed by atoms with E-state index in [9.17, 15) is 9.59 Å². The Labute approximate surface area is 193 Å². The average molecular weight is 449 g/mol. The van der Waals surface area contributed by atoms with Crippen molar-refractivity contribution in [2.45, 2.75) is 45.6 Å². The number of rotatable bonds is 4. The smallest absolute Gasteiger partial charge is 0.328 e. The van der Waals surface area contributed by atoms with Crippen molar-refractivity contribution in [1.29, 1.82) is 0 Å². The van der Waals surface area contributed by atoms with Gasteiger partial charge in [0, 0.05) is 52.4 Å². The standard InChI is InChI=1S/C25H32N6O2/c1-16-11-21-22(29(4)25(33)28(21)3)12-19(16)15-30-10-7-18(14-30)23-26-13-20(17(2)27-23)24(32)31-8-5-6-9-31/h11-13,18H,5-10,14-15H2,1-4H3/t18-/m1/s1. The van der Waals surface area contributed by atoms with E-state index in [2.05, 4.69) is 28.9 Å². The highest BCUT2D eigenvalue weighted by Gasteiger charge is 2.28. The molecule has 0 saturated carbocycles. The van der Waals surface area contributed by atoms with Crippen LogP contribution in [0.15, 0.2) is 23.1 Å². The molecule has 0 spiro atoms. The van der Waals surface area contributed by atoms with Crippen molar-refractivity contribution in [2.75, 3.05) is 26.2 Å². The van der Waals surface area contributed by atoms with Gasteiger partial charge in [-0.1, -0.05) is 0 Å². The summed E-state index contributed by atoms with van der Waals surface area (Å²) >= 11 is 0. The molecule has 0 N–H and O–H groups in total. The first kappa shape index (κ1) is 21.8. The van der Waals surface area contributed by atoms with Crippen molar-refractivity contribution in [3.8, 4) is 0 Å². The van der Waals surface area contributed by atoms with Crippen LogP contribution in [0.2, 0.25) is 0 Å². The number of nitrogens with zero attached hydrogens (tertiary/aromatic N) is 6. The minimum absolute atomic E-state index is 0.00182. The van der Waals surface area contributed by atoms with Crippen LogP contribution < -0.4 is 5.69 Å². The van der Waals surface area contributed by atoms with E-state index in [4.69, 9.17) is 4.98 Å². The summed E-state index contributed by atoms with van der Waals surface area (Å²) in [6.45, 7) is 8.41. The third-order valence-corrected chi connectivity index (χ3v) is 7.38. The van der Waals surface area contributed by atoms with Crippen LogP contribution in [0.5, 0.6) is 0 Å². The second-order valence-corrected chi connectivity index (χ2v) is 9.62. The van der Waals surface area contributed by atoms with E-state index in [1.165, 1.54) is 11.1 Å². The maximum absolute atomic E-state index is 12.7. The van der Waals surface area contributed by atoms with Crippen molar-refractivity contribution < 1.29 is 4.79 Å². The fourth-order valence-electron chi connectivity index (χ4n) is 5.27. The highest BCUT2D eigenvalue weighted by molar-refractivity contribution is 5.95. The number of hydrogen-bond acceptors (Lipinski definition) is 5. The summed E-state index contributed by atoms with van der Waals surface area (Å²) in [5.41, 5.74) is 5.79. The fourth-order valence-corrected chi connectivity index (χ4v) is 5.27. The molecule has 1 atom stereocenters. The summed E-state index contributed by atoms with van der Waals surface area (Å²) in [6.07, 6.45) is 4.89. The maximum atomic E-state index is 12.7. The molecule has 3 aromatic rings. The molecule has 0 radical (unpaired) electrons. The summed E-state index contributed by atoms with van der Waals surface area (Å²) in [7, 11) is 3.65. The van der Waals surface area contributed by atoms with Gasteiger partial charge in [0.05, 0.1) is 22.3 Å². The number of carbonyl (C=O) groups is 1. The monoisotopic (exact) mass is 448 g/mol. The Morgan fingerprint density at radius 2 is 1.76 bits per heavy atom. The zero-order valence-corrected chi connectivity index (χ0v) is 20.0. The SMILES string of the molecule is Cc1cc2c(cc1CN1CC[C@@H](c3ncc(C(=O)N4CCCC4)c(C)n3)C1)n(C)c(=O)n2C. The molecule has 33 heavy (non-hydrogen) atoms. The van der Waals surface area contributed by atoms with Crippen LogP contribution in [0.25, 0.3) is 11.0 Å². The lowest BCUT2D eigenvalue weighted by molar-refractivity contribution is 0.0791. The van der Waals surface area contributed by atoms with Gasteiger partial charge in [-0.2, -0.15) is 0 Å². The van der Waals surface area contributed by atoms with E-state index in [0.29, 0.717) is 5.56 Å². The zero-order chi connectivity index (χ0) is 23.3. The summed E-state index contributed by atoms with van der Waals surface area (Å²) in [4.78, 5) is 38.7. The molecule has 4 heterocycles. The number of aryl methyl sites for hydroxylation is 4. The molecule has 8 heteroatoms. The van der Waals surface area contributed by atoms with E-state index in [-0.39, 0.29) is 17.5 Å². The van der Waals surface area contributed by atoms with Crippen molar-refractivity contribution in [1.82, 2.24) is 28.9 Å². The first-order valence-electron chi connectivity index (χ1n) is 11.8. The van der Waals surface area contributed by atoms with Gasteiger partial charge in [-0.05, 0) is 62.9 Å². The third kappa shape index (κ3) is 3.86. The topological polar surface area (TPSA) is 76.3 Å². The van der Waals surface area contributed by atoms with E-state index in [1.807, 2.05) is 25.9 Å². The Morgan fingerprint density at radius 1 is 1.06 bits per heavy atom. The van der Waals surface area contributed by atoms with Gasteiger partial charge in [-0.3, -0.25) is 18.8 Å². The summed E-state index contributed by atoms with van der Waals surface area (Å²) in [5.74, 6) is 1.17. The summed E-state index contributed by atoms with van der Waals surface area (Å²) < 4.78 is 3.42. The van der Waals surface area contributed by atoms with Gasteiger partial charge >= 0.3 is 5.69 Å². The Kier molecular flexibility index (Phi) is 5.56. The molecule has 1 aromatic carbocycles. The molecule has 1 amide bonds. The van der Waals surface area contributed by atoms with E-state index < -0.39 is 0 Å². The van der Waals surface area contributed by atoms with Crippen LogP contribution in [0.4, 0.5) is 0 Å². The molecule has 0 aliphatic carbocycles. The second-order valence-electron chi connectivity index (χ2n) is 9.62. The number of hydrogen-bond donors (Lipinski definition) is 0. The second kappa shape index (κ2) is 8.41. The number of likely N-dealkylation sites (tertiary alicyclic amines) is 2. The van der Waals surface area contributed by atoms with Gasteiger partial charge in [0.25, 0.3) is 5.91 Å². The number of aromatic nitrogens is 4. The number of benzene rings is 1. The lowest BCUT2D eigenvalue weighted by atomic mass is 10.1. The Bertz CT molecular complexity index is 1280. The summed E-state index contributed by atoms with van der Waals surface area (Å²) in [5, 5.41) is 0. The van der Waals surface area contributed by atoms with Crippen LogP contribution in [-0.2, 0) is 20.6 Å². The van der Waals surface area contributed by atoms with E-state index in [1.54, 1.807) is 15.3 Å². The van der Waals surface area contributed by atoms with Gasteiger partial charge in [0.2, 0.25) is 0 Å². The number of imidazole rings is 1. The van der Waals surface area contributed by atoms with Gasteiger partial charge in [-0.15, -0.1) is 0 Å². The number of amides is 1.